The van der Waals surface area contributed by atoms with Crippen LogP contribution in [-0.4, -0.2) is 15.9 Å². The molecule has 0 aliphatic carbocycles. The smallest absolute Gasteiger partial charge is 0.307 e. The minimum atomic E-state index is -0.524. The molecule has 0 unspecified atom stereocenters. The summed E-state index contributed by atoms with van der Waals surface area (Å²) < 4.78 is 0. The second kappa shape index (κ2) is 5.09. The van der Waals surface area contributed by atoms with Crippen molar-refractivity contribution in [1.29, 1.82) is 0 Å². The summed E-state index contributed by atoms with van der Waals surface area (Å²) in [6.45, 7) is 3.59. The Morgan fingerprint density at radius 3 is 2.72 bits per heavy atom. The van der Waals surface area contributed by atoms with Gasteiger partial charge in [-0.25, -0.2) is 9.78 Å². The zero-order valence-electron chi connectivity index (χ0n) is 9.51. The van der Waals surface area contributed by atoms with Crippen LogP contribution in [0.2, 0.25) is 0 Å². The SMILES string of the molecule is C=Cc1cnc(=O)[nH]c1NC(=O)c1ccccc1. The van der Waals surface area contributed by atoms with Crippen LogP contribution in [-0.2, 0) is 0 Å². The first-order valence-corrected chi connectivity index (χ1v) is 5.29. The molecule has 1 heterocycles. The molecule has 0 spiro atoms. The molecular weight excluding hydrogens is 230 g/mol. The number of aromatic nitrogens is 2. The molecule has 2 N–H and O–H groups in total. The molecule has 0 bridgehead atoms. The Kier molecular flexibility index (Phi) is 3.33. The average molecular weight is 241 g/mol. The zero-order valence-corrected chi connectivity index (χ0v) is 9.51. The largest absolute Gasteiger partial charge is 0.346 e. The average Bonchev–Trinajstić information content (AvgIpc) is 2.40. The van der Waals surface area contributed by atoms with E-state index in [4.69, 9.17) is 0 Å². The van der Waals surface area contributed by atoms with Gasteiger partial charge in [-0.2, -0.15) is 0 Å². The molecule has 2 aromatic rings. The molecular formula is C13H11N3O2. The van der Waals surface area contributed by atoms with Gasteiger partial charge in [0.15, 0.2) is 0 Å². The molecule has 18 heavy (non-hydrogen) atoms. The maximum Gasteiger partial charge on any atom is 0.346 e. The molecule has 2 rings (SSSR count). The van der Waals surface area contributed by atoms with Crippen molar-refractivity contribution in [2.24, 2.45) is 0 Å². The van der Waals surface area contributed by atoms with Crippen LogP contribution in [0.3, 0.4) is 0 Å². The number of carbonyl (C=O) groups excluding carboxylic acids is 1. The van der Waals surface area contributed by atoms with E-state index in [9.17, 15) is 9.59 Å². The van der Waals surface area contributed by atoms with Crippen molar-refractivity contribution in [2.75, 3.05) is 5.32 Å². The number of H-pyrrole nitrogens is 1. The highest BCUT2D eigenvalue weighted by molar-refractivity contribution is 6.04. The van der Waals surface area contributed by atoms with Crippen LogP contribution in [0, 0.1) is 0 Å². The summed E-state index contributed by atoms with van der Waals surface area (Å²) >= 11 is 0. The number of carbonyl (C=O) groups is 1. The van der Waals surface area contributed by atoms with Crippen molar-refractivity contribution in [2.45, 2.75) is 0 Å². The van der Waals surface area contributed by atoms with E-state index in [-0.39, 0.29) is 5.91 Å². The summed E-state index contributed by atoms with van der Waals surface area (Å²) in [5.41, 5.74) is 0.535. The predicted molar refractivity (Wildman–Crippen MR) is 69.3 cm³/mol. The number of anilines is 1. The first-order chi connectivity index (χ1) is 8.70. The molecule has 0 aliphatic heterocycles. The minimum Gasteiger partial charge on any atom is -0.307 e. The molecule has 0 saturated carbocycles. The Hall–Kier alpha value is -2.69. The molecule has 0 saturated heterocycles. The van der Waals surface area contributed by atoms with E-state index in [0.29, 0.717) is 16.9 Å². The van der Waals surface area contributed by atoms with Crippen molar-refractivity contribution in [3.05, 3.63) is 64.7 Å². The van der Waals surface area contributed by atoms with Crippen LogP contribution in [0.1, 0.15) is 15.9 Å². The lowest BCUT2D eigenvalue weighted by Crippen LogP contribution is -2.19. The van der Waals surface area contributed by atoms with Gasteiger partial charge in [-0.3, -0.25) is 9.78 Å². The van der Waals surface area contributed by atoms with Gasteiger partial charge in [-0.05, 0) is 12.1 Å². The topological polar surface area (TPSA) is 74.8 Å². The number of hydrogen-bond acceptors (Lipinski definition) is 3. The second-order valence-corrected chi connectivity index (χ2v) is 3.54. The fourth-order valence-corrected chi connectivity index (χ4v) is 1.44. The molecule has 1 aromatic carbocycles. The molecule has 0 atom stereocenters. The van der Waals surface area contributed by atoms with Crippen molar-refractivity contribution in [3.8, 4) is 0 Å². The quantitative estimate of drug-likeness (QED) is 0.858. The van der Waals surface area contributed by atoms with Crippen molar-refractivity contribution < 1.29 is 4.79 Å². The first kappa shape index (κ1) is 11.8. The molecule has 1 amide bonds. The highest BCUT2D eigenvalue weighted by Gasteiger charge is 2.08. The molecule has 0 radical (unpaired) electrons. The standard InChI is InChI=1S/C13H11N3O2/c1-2-9-8-14-13(18)16-11(9)15-12(17)10-6-4-3-5-7-10/h2-8H,1H2,(H2,14,15,16,17,18). The first-order valence-electron chi connectivity index (χ1n) is 5.29. The number of rotatable bonds is 3. The summed E-state index contributed by atoms with van der Waals surface area (Å²) in [6.07, 6.45) is 2.86. The highest BCUT2D eigenvalue weighted by atomic mass is 16.2. The lowest BCUT2D eigenvalue weighted by molar-refractivity contribution is 0.102. The van der Waals surface area contributed by atoms with E-state index in [0.717, 1.165) is 0 Å². The van der Waals surface area contributed by atoms with Crippen molar-refractivity contribution >= 4 is 17.8 Å². The van der Waals surface area contributed by atoms with Crippen LogP contribution in [0.5, 0.6) is 0 Å². The van der Waals surface area contributed by atoms with Gasteiger partial charge in [0.1, 0.15) is 5.82 Å². The van der Waals surface area contributed by atoms with Crippen LogP contribution >= 0.6 is 0 Å². The highest BCUT2D eigenvalue weighted by Crippen LogP contribution is 2.11. The van der Waals surface area contributed by atoms with E-state index < -0.39 is 5.69 Å². The van der Waals surface area contributed by atoms with Gasteiger partial charge in [-0.1, -0.05) is 30.9 Å². The van der Waals surface area contributed by atoms with E-state index >= 15 is 0 Å². The van der Waals surface area contributed by atoms with Crippen LogP contribution in [0.15, 0.2) is 47.9 Å². The monoisotopic (exact) mass is 241 g/mol. The third kappa shape index (κ3) is 2.52. The summed E-state index contributed by atoms with van der Waals surface area (Å²) in [4.78, 5) is 29.0. The fourth-order valence-electron chi connectivity index (χ4n) is 1.44. The van der Waals surface area contributed by atoms with E-state index in [1.165, 1.54) is 12.3 Å². The Labute approximate surface area is 103 Å². The Bertz CT molecular complexity index is 632. The van der Waals surface area contributed by atoms with Crippen molar-refractivity contribution in [1.82, 2.24) is 9.97 Å². The molecule has 5 nitrogen and oxygen atoms in total. The lowest BCUT2D eigenvalue weighted by Gasteiger charge is -2.07. The normalized spacial score (nSPS) is 9.78. The third-order valence-electron chi connectivity index (χ3n) is 2.34. The van der Waals surface area contributed by atoms with Gasteiger partial charge in [0.25, 0.3) is 5.91 Å². The van der Waals surface area contributed by atoms with Gasteiger partial charge in [-0.15, -0.1) is 0 Å². The van der Waals surface area contributed by atoms with Gasteiger partial charge in [0, 0.05) is 17.3 Å². The van der Waals surface area contributed by atoms with E-state index in [1.54, 1.807) is 24.3 Å². The molecule has 0 fully saturated rings. The Morgan fingerprint density at radius 2 is 2.06 bits per heavy atom. The zero-order chi connectivity index (χ0) is 13.0. The van der Waals surface area contributed by atoms with Gasteiger partial charge in [0.2, 0.25) is 0 Å². The maximum atomic E-state index is 11.9. The molecule has 5 heteroatoms. The second-order valence-electron chi connectivity index (χ2n) is 3.54. The number of nitrogens with zero attached hydrogens (tertiary/aromatic N) is 1. The predicted octanol–water partition coefficient (Wildman–Crippen LogP) is 1.67. The van der Waals surface area contributed by atoms with E-state index in [1.807, 2.05) is 6.07 Å². The summed E-state index contributed by atoms with van der Waals surface area (Å²) in [7, 11) is 0. The van der Waals surface area contributed by atoms with Crippen LogP contribution in [0.4, 0.5) is 5.82 Å². The Morgan fingerprint density at radius 1 is 1.33 bits per heavy atom. The molecule has 1 aromatic heterocycles. The van der Waals surface area contributed by atoms with Gasteiger partial charge >= 0.3 is 5.69 Å². The number of amides is 1. The van der Waals surface area contributed by atoms with Gasteiger partial charge in [0.05, 0.1) is 0 Å². The van der Waals surface area contributed by atoms with Crippen LogP contribution in [0.25, 0.3) is 6.08 Å². The molecule has 90 valence electrons. The minimum absolute atomic E-state index is 0.291. The third-order valence-corrected chi connectivity index (χ3v) is 2.34. The molecule has 0 aliphatic rings. The maximum absolute atomic E-state index is 11.9. The number of benzene rings is 1. The van der Waals surface area contributed by atoms with E-state index in [2.05, 4.69) is 21.9 Å². The number of nitrogens with one attached hydrogen (secondary N) is 2. The van der Waals surface area contributed by atoms with Gasteiger partial charge < -0.3 is 5.32 Å². The summed E-state index contributed by atoms with van der Waals surface area (Å²) in [6, 6.07) is 8.71. The lowest BCUT2D eigenvalue weighted by atomic mass is 10.2. The Balaban J connectivity index is 2.29. The van der Waals surface area contributed by atoms with Crippen molar-refractivity contribution in [3.63, 3.8) is 0 Å². The van der Waals surface area contributed by atoms with Crippen LogP contribution < -0.4 is 11.0 Å². The summed E-state index contributed by atoms with van der Waals surface area (Å²) in [5.74, 6) is -0.0144. The number of hydrogen-bond donors (Lipinski definition) is 2. The number of aromatic amines is 1. The fraction of sp³-hybridized carbons (Fsp3) is 0. The summed E-state index contributed by atoms with van der Waals surface area (Å²) in [5, 5.41) is 2.61.